The fraction of sp³-hybridized carbons (Fsp3) is 0.400. The second-order valence-corrected chi connectivity index (χ2v) is 11.8. The highest BCUT2D eigenvalue weighted by atomic mass is 32.2. The summed E-state index contributed by atoms with van der Waals surface area (Å²) in [4.78, 5) is 0. The summed E-state index contributed by atoms with van der Waals surface area (Å²) in [5, 5.41) is 0. The first-order valence-corrected chi connectivity index (χ1v) is 12.5. The van der Waals surface area contributed by atoms with E-state index >= 15 is 0 Å². The molecule has 0 aliphatic carbocycles. The van der Waals surface area contributed by atoms with Crippen molar-refractivity contribution in [1.82, 2.24) is 0 Å². The van der Waals surface area contributed by atoms with Gasteiger partial charge in [0.1, 0.15) is 0 Å². The Bertz CT molecular complexity index is 1030. The lowest BCUT2D eigenvalue weighted by atomic mass is 9.86. The quantitative estimate of drug-likeness (QED) is 0.573. The van der Waals surface area contributed by atoms with Crippen LogP contribution in [0.2, 0.25) is 0 Å². The molecule has 2 aromatic carbocycles. The Kier molecular flexibility index (Phi) is 7.47. The van der Waals surface area contributed by atoms with Crippen molar-refractivity contribution >= 4 is 39.7 Å². The maximum Gasteiger partial charge on any atom is 0.476 e. The molecule has 0 saturated carbocycles. The third-order valence-electron chi connectivity index (χ3n) is 4.35. The smallest absolute Gasteiger partial charge is 0.286 e. The van der Waals surface area contributed by atoms with Gasteiger partial charge in [-0.15, -0.1) is 0 Å². The first-order chi connectivity index (χ1) is 14.1. The predicted octanol–water partition coefficient (Wildman–Crippen LogP) is 3.59. The van der Waals surface area contributed by atoms with Gasteiger partial charge in [-0.25, -0.2) is 0 Å². The maximum atomic E-state index is 12.3. The highest BCUT2D eigenvalue weighted by Crippen LogP contribution is 2.31. The summed E-state index contributed by atoms with van der Waals surface area (Å²) >= 11 is 0. The standard InChI is InChI=1S/C20H29BN2O6S2/c1-19(2,3)15-11-7-9-13-17(15)22-30(24,25)28-21-29-31(26,27)23-18-14-10-8-12-16(18)20(4,5)6/h7-14,21-23H,1-6H3. The molecule has 2 N–H and O–H groups in total. The third kappa shape index (κ3) is 7.53. The first kappa shape index (κ1) is 25.2. The van der Waals surface area contributed by atoms with Crippen LogP contribution in [0, 0.1) is 0 Å². The van der Waals surface area contributed by atoms with E-state index in [1.54, 1.807) is 48.5 Å². The van der Waals surface area contributed by atoms with E-state index in [1.165, 1.54) is 0 Å². The molecule has 0 amide bonds. The van der Waals surface area contributed by atoms with Crippen molar-refractivity contribution in [2.24, 2.45) is 0 Å². The van der Waals surface area contributed by atoms with Crippen LogP contribution in [-0.2, 0) is 39.6 Å². The number of hydrogen-bond donors (Lipinski definition) is 2. The molecule has 0 bridgehead atoms. The van der Waals surface area contributed by atoms with Crippen molar-refractivity contribution in [3.63, 3.8) is 0 Å². The summed E-state index contributed by atoms with van der Waals surface area (Å²) < 4.78 is 63.1. The molecule has 0 aliphatic heterocycles. The molecule has 0 atom stereocenters. The van der Waals surface area contributed by atoms with Crippen LogP contribution in [-0.4, -0.2) is 24.5 Å². The van der Waals surface area contributed by atoms with Crippen LogP contribution in [0.3, 0.4) is 0 Å². The fourth-order valence-electron chi connectivity index (χ4n) is 2.93. The minimum Gasteiger partial charge on any atom is -0.286 e. The number of rotatable bonds is 8. The van der Waals surface area contributed by atoms with Gasteiger partial charge < -0.3 is 0 Å². The Balaban J connectivity index is 2.05. The van der Waals surface area contributed by atoms with Crippen LogP contribution in [0.4, 0.5) is 11.4 Å². The molecule has 0 fully saturated rings. The molecule has 31 heavy (non-hydrogen) atoms. The molecular weight excluding hydrogens is 439 g/mol. The summed E-state index contributed by atoms with van der Waals surface area (Å²) in [5.74, 6) is 0. The third-order valence-corrected chi connectivity index (χ3v) is 6.10. The van der Waals surface area contributed by atoms with E-state index in [-0.39, 0.29) is 10.8 Å². The maximum absolute atomic E-state index is 12.3. The van der Waals surface area contributed by atoms with Crippen LogP contribution in [0.25, 0.3) is 0 Å². The zero-order valence-corrected chi connectivity index (χ0v) is 20.2. The van der Waals surface area contributed by atoms with E-state index in [0.29, 0.717) is 11.4 Å². The van der Waals surface area contributed by atoms with E-state index in [2.05, 4.69) is 9.44 Å². The zero-order chi connectivity index (χ0) is 23.5. The van der Waals surface area contributed by atoms with Gasteiger partial charge in [-0.2, -0.15) is 16.8 Å². The molecule has 2 aromatic rings. The molecule has 8 nitrogen and oxygen atoms in total. The second kappa shape index (κ2) is 9.19. The summed E-state index contributed by atoms with van der Waals surface area (Å²) in [5.41, 5.74) is 1.57. The monoisotopic (exact) mass is 468 g/mol. The molecule has 0 radical (unpaired) electrons. The van der Waals surface area contributed by atoms with Crippen LogP contribution >= 0.6 is 0 Å². The normalized spacial score (nSPS) is 13.0. The van der Waals surface area contributed by atoms with Gasteiger partial charge in [-0.1, -0.05) is 77.9 Å². The van der Waals surface area contributed by atoms with Crippen LogP contribution < -0.4 is 9.44 Å². The molecule has 0 heterocycles. The van der Waals surface area contributed by atoms with Gasteiger partial charge in [0.2, 0.25) is 0 Å². The van der Waals surface area contributed by atoms with Crippen molar-refractivity contribution in [3.05, 3.63) is 59.7 Å². The SMILES string of the molecule is CC(C)(C)c1ccccc1NS(=O)(=O)OBOS(=O)(=O)Nc1ccccc1C(C)(C)C. The predicted molar refractivity (Wildman–Crippen MR) is 125 cm³/mol. The Hall–Kier alpha value is -2.08. The molecule has 170 valence electrons. The molecule has 2 rings (SSSR count). The van der Waals surface area contributed by atoms with Gasteiger partial charge in [0, 0.05) is 0 Å². The molecule has 0 spiro atoms. The highest BCUT2D eigenvalue weighted by molar-refractivity contribution is 7.90. The molecule has 0 unspecified atom stereocenters. The van der Waals surface area contributed by atoms with Crippen LogP contribution in [0.1, 0.15) is 52.7 Å². The molecule has 0 saturated heterocycles. The van der Waals surface area contributed by atoms with E-state index in [4.69, 9.17) is 8.20 Å². The fourth-order valence-corrected chi connectivity index (χ4v) is 4.35. The minimum atomic E-state index is -4.31. The largest absolute Gasteiger partial charge is 0.476 e. The average molecular weight is 468 g/mol. The van der Waals surface area contributed by atoms with Crippen LogP contribution in [0.15, 0.2) is 48.5 Å². The summed E-state index contributed by atoms with van der Waals surface area (Å²) in [6, 6.07) is 13.8. The minimum absolute atomic E-state index is 0.316. The van der Waals surface area contributed by atoms with Crippen molar-refractivity contribution in [1.29, 1.82) is 0 Å². The topological polar surface area (TPSA) is 111 Å². The van der Waals surface area contributed by atoms with E-state index in [0.717, 1.165) is 11.1 Å². The summed E-state index contributed by atoms with van der Waals surface area (Å²) in [6.45, 7) is 11.7. The van der Waals surface area contributed by atoms with Crippen molar-refractivity contribution in [3.8, 4) is 0 Å². The van der Waals surface area contributed by atoms with Gasteiger partial charge >= 0.3 is 28.3 Å². The van der Waals surface area contributed by atoms with Gasteiger partial charge in [0.15, 0.2) is 0 Å². The molecule has 0 aliphatic rings. The second-order valence-electron chi connectivity index (χ2n) is 9.06. The number of anilines is 2. The van der Waals surface area contributed by atoms with E-state index in [9.17, 15) is 16.8 Å². The van der Waals surface area contributed by atoms with Crippen LogP contribution in [0.5, 0.6) is 0 Å². The first-order valence-electron chi connectivity index (χ1n) is 9.64. The lowest BCUT2D eigenvalue weighted by molar-refractivity contribution is 0.435. The number of benzene rings is 2. The van der Waals surface area contributed by atoms with Gasteiger partial charge in [0.25, 0.3) is 0 Å². The molecular formula is C20H29BN2O6S2. The zero-order valence-electron chi connectivity index (χ0n) is 18.6. The van der Waals surface area contributed by atoms with Crippen molar-refractivity contribution in [2.75, 3.05) is 9.44 Å². The van der Waals surface area contributed by atoms with Gasteiger partial charge in [-0.3, -0.25) is 17.6 Å². The van der Waals surface area contributed by atoms with E-state index in [1.807, 2.05) is 41.5 Å². The number of para-hydroxylation sites is 2. The van der Waals surface area contributed by atoms with Gasteiger partial charge in [0.05, 0.1) is 11.4 Å². The van der Waals surface area contributed by atoms with Crippen molar-refractivity contribution in [2.45, 2.75) is 52.4 Å². The Morgan fingerprint density at radius 2 is 0.968 bits per heavy atom. The van der Waals surface area contributed by atoms with Crippen molar-refractivity contribution < 1.29 is 25.0 Å². The Morgan fingerprint density at radius 3 is 1.29 bits per heavy atom. The summed E-state index contributed by atoms with van der Waals surface area (Å²) in [7, 11) is -9.64. The Morgan fingerprint density at radius 1 is 0.645 bits per heavy atom. The Labute approximate surface area is 186 Å². The lowest BCUT2D eigenvalue weighted by Gasteiger charge is -2.23. The highest BCUT2D eigenvalue weighted by Gasteiger charge is 2.24. The number of nitrogens with one attached hydrogen (secondary N) is 2. The lowest BCUT2D eigenvalue weighted by Crippen LogP contribution is -2.26. The van der Waals surface area contributed by atoms with Gasteiger partial charge in [-0.05, 0) is 34.1 Å². The summed E-state index contributed by atoms with van der Waals surface area (Å²) in [6.07, 6.45) is 0. The number of hydrogen-bond acceptors (Lipinski definition) is 6. The molecule has 0 aromatic heterocycles. The van der Waals surface area contributed by atoms with E-state index < -0.39 is 28.3 Å². The average Bonchev–Trinajstić information content (AvgIpc) is 2.59. The molecule has 11 heteroatoms.